The van der Waals surface area contributed by atoms with E-state index in [1.165, 1.54) is 25.7 Å². The Morgan fingerprint density at radius 1 is 1.38 bits per heavy atom. The van der Waals surface area contributed by atoms with Crippen LogP contribution in [0.25, 0.3) is 0 Å². The van der Waals surface area contributed by atoms with E-state index in [4.69, 9.17) is 0 Å². The molecular formula is C12H16Br2N2. The van der Waals surface area contributed by atoms with E-state index in [0.717, 1.165) is 21.3 Å². The summed E-state index contributed by atoms with van der Waals surface area (Å²) in [5, 5.41) is 3.44. The number of hydrogen-bond donors (Lipinski definition) is 1. The maximum Gasteiger partial charge on any atom is 0.140 e. The molecule has 1 N–H and O–H groups in total. The van der Waals surface area contributed by atoms with Gasteiger partial charge in [-0.1, -0.05) is 19.8 Å². The summed E-state index contributed by atoms with van der Waals surface area (Å²) in [4.78, 5) is 4.37. The number of pyridine rings is 1. The summed E-state index contributed by atoms with van der Waals surface area (Å²) in [6, 6.07) is 2.02. The molecule has 1 aliphatic carbocycles. The van der Waals surface area contributed by atoms with Crippen LogP contribution in [0.5, 0.6) is 0 Å². The summed E-state index contributed by atoms with van der Waals surface area (Å²) in [5.74, 6) is 0.941. The van der Waals surface area contributed by atoms with Crippen LogP contribution in [-0.2, 0) is 0 Å². The highest BCUT2D eigenvalue weighted by Crippen LogP contribution is 2.37. The molecule has 0 aromatic carbocycles. The zero-order valence-corrected chi connectivity index (χ0v) is 12.6. The summed E-state index contributed by atoms with van der Waals surface area (Å²) >= 11 is 6.92. The molecule has 1 fully saturated rings. The molecule has 1 aliphatic rings. The summed E-state index contributed by atoms with van der Waals surface area (Å²) in [7, 11) is 0. The predicted molar refractivity (Wildman–Crippen MR) is 74.7 cm³/mol. The van der Waals surface area contributed by atoms with E-state index in [-0.39, 0.29) is 0 Å². The van der Waals surface area contributed by atoms with Gasteiger partial charge >= 0.3 is 0 Å². The Morgan fingerprint density at radius 2 is 2.06 bits per heavy atom. The van der Waals surface area contributed by atoms with Gasteiger partial charge in [0, 0.05) is 17.2 Å². The highest BCUT2D eigenvalue weighted by Gasteiger charge is 2.28. The standard InChI is InChI=1S/C12H16Br2N2/c1-12(4-2-3-5-12)8-16-11-10(14)6-9(13)7-15-11/h6-7H,2-5,8H2,1H3,(H,15,16). The van der Waals surface area contributed by atoms with Crippen LogP contribution in [0.4, 0.5) is 5.82 Å². The molecular weight excluding hydrogens is 332 g/mol. The monoisotopic (exact) mass is 346 g/mol. The first kappa shape index (κ1) is 12.4. The average molecular weight is 348 g/mol. The highest BCUT2D eigenvalue weighted by atomic mass is 79.9. The number of anilines is 1. The Hall–Kier alpha value is -0.0900. The summed E-state index contributed by atoms with van der Waals surface area (Å²) in [6.45, 7) is 3.37. The lowest BCUT2D eigenvalue weighted by molar-refractivity contribution is 0.361. The molecule has 0 bridgehead atoms. The van der Waals surface area contributed by atoms with Crippen LogP contribution in [0.15, 0.2) is 21.2 Å². The Kier molecular flexibility index (Phi) is 3.90. The molecule has 16 heavy (non-hydrogen) atoms. The van der Waals surface area contributed by atoms with Crippen LogP contribution in [0, 0.1) is 5.41 Å². The Morgan fingerprint density at radius 3 is 2.69 bits per heavy atom. The van der Waals surface area contributed by atoms with Crippen molar-refractivity contribution in [3.8, 4) is 0 Å². The first-order chi connectivity index (χ1) is 7.59. The van der Waals surface area contributed by atoms with Gasteiger partial charge in [0.1, 0.15) is 5.82 Å². The van der Waals surface area contributed by atoms with Gasteiger partial charge in [0.15, 0.2) is 0 Å². The van der Waals surface area contributed by atoms with Crippen LogP contribution in [0.2, 0.25) is 0 Å². The number of aromatic nitrogens is 1. The van der Waals surface area contributed by atoms with Gasteiger partial charge in [-0.25, -0.2) is 4.98 Å². The highest BCUT2D eigenvalue weighted by molar-refractivity contribution is 9.11. The van der Waals surface area contributed by atoms with Crippen molar-refractivity contribution < 1.29 is 0 Å². The van der Waals surface area contributed by atoms with Crippen molar-refractivity contribution in [2.75, 3.05) is 11.9 Å². The topological polar surface area (TPSA) is 24.9 Å². The fraction of sp³-hybridized carbons (Fsp3) is 0.583. The lowest BCUT2D eigenvalue weighted by Crippen LogP contribution is -2.23. The molecule has 2 nitrogen and oxygen atoms in total. The van der Waals surface area contributed by atoms with Crippen LogP contribution >= 0.6 is 31.9 Å². The second-order valence-corrected chi connectivity index (χ2v) is 6.63. The molecule has 0 amide bonds. The molecule has 0 aliphatic heterocycles. The number of halogens is 2. The maximum atomic E-state index is 4.37. The third-order valence-corrected chi connectivity index (χ3v) is 4.34. The molecule has 1 heterocycles. The number of rotatable bonds is 3. The fourth-order valence-electron chi connectivity index (χ4n) is 2.25. The Labute approximate surface area is 113 Å². The minimum Gasteiger partial charge on any atom is -0.369 e. The molecule has 4 heteroatoms. The summed E-state index contributed by atoms with van der Waals surface area (Å²) in [5.41, 5.74) is 0.453. The third-order valence-electron chi connectivity index (χ3n) is 3.30. The van der Waals surface area contributed by atoms with Gasteiger partial charge in [0.25, 0.3) is 0 Å². The van der Waals surface area contributed by atoms with Crippen LogP contribution in [0.3, 0.4) is 0 Å². The van der Waals surface area contributed by atoms with Gasteiger partial charge in [-0.05, 0) is 56.2 Å². The predicted octanol–water partition coefficient (Wildman–Crippen LogP) is 4.60. The Balaban J connectivity index is 1.99. The molecule has 0 radical (unpaired) electrons. The lowest BCUT2D eigenvalue weighted by atomic mass is 9.89. The van der Waals surface area contributed by atoms with Crippen LogP contribution in [-0.4, -0.2) is 11.5 Å². The lowest BCUT2D eigenvalue weighted by Gasteiger charge is -2.24. The molecule has 0 unspecified atom stereocenters. The van der Waals surface area contributed by atoms with Crippen LogP contribution < -0.4 is 5.32 Å². The smallest absolute Gasteiger partial charge is 0.140 e. The first-order valence-electron chi connectivity index (χ1n) is 5.64. The van der Waals surface area contributed by atoms with Gasteiger partial charge < -0.3 is 5.32 Å². The molecule has 1 saturated carbocycles. The van der Waals surface area contributed by atoms with Crippen molar-refractivity contribution in [3.05, 3.63) is 21.2 Å². The molecule has 0 saturated heterocycles. The molecule has 1 aromatic rings. The fourth-order valence-corrected chi connectivity index (χ4v) is 3.37. The molecule has 0 atom stereocenters. The van der Waals surface area contributed by atoms with Crippen molar-refractivity contribution in [1.29, 1.82) is 0 Å². The van der Waals surface area contributed by atoms with Gasteiger partial charge in [-0.2, -0.15) is 0 Å². The van der Waals surface area contributed by atoms with E-state index in [9.17, 15) is 0 Å². The van der Waals surface area contributed by atoms with E-state index in [0.29, 0.717) is 5.41 Å². The molecule has 0 spiro atoms. The van der Waals surface area contributed by atoms with Crippen molar-refractivity contribution in [2.24, 2.45) is 5.41 Å². The van der Waals surface area contributed by atoms with E-state index in [2.05, 4.69) is 49.1 Å². The van der Waals surface area contributed by atoms with Gasteiger partial charge in [0.2, 0.25) is 0 Å². The second kappa shape index (κ2) is 5.05. The average Bonchev–Trinajstić information content (AvgIpc) is 2.64. The minimum absolute atomic E-state index is 0.453. The van der Waals surface area contributed by atoms with Crippen molar-refractivity contribution in [2.45, 2.75) is 32.6 Å². The van der Waals surface area contributed by atoms with E-state index in [1.807, 2.05) is 12.3 Å². The van der Waals surface area contributed by atoms with Crippen molar-refractivity contribution >= 4 is 37.7 Å². The zero-order valence-electron chi connectivity index (χ0n) is 9.39. The van der Waals surface area contributed by atoms with Crippen molar-refractivity contribution in [1.82, 2.24) is 4.98 Å². The molecule has 1 aromatic heterocycles. The Bertz CT molecular complexity index is 373. The number of nitrogens with zero attached hydrogens (tertiary/aromatic N) is 1. The quantitative estimate of drug-likeness (QED) is 0.864. The zero-order chi connectivity index (χ0) is 11.6. The minimum atomic E-state index is 0.453. The second-order valence-electron chi connectivity index (χ2n) is 4.86. The molecule has 2 rings (SSSR count). The third kappa shape index (κ3) is 2.98. The largest absolute Gasteiger partial charge is 0.369 e. The van der Waals surface area contributed by atoms with Gasteiger partial charge in [-0.3, -0.25) is 0 Å². The van der Waals surface area contributed by atoms with Gasteiger partial charge in [0.05, 0.1) is 4.47 Å². The normalized spacial score (nSPS) is 18.7. The van der Waals surface area contributed by atoms with Crippen LogP contribution in [0.1, 0.15) is 32.6 Å². The van der Waals surface area contributed by atoms with E-state index < -0.39 is 0 Å². The number of hydrogen-bond acceptors (Lipinski definition) is 2. The summed E-state index contributed by atoms with van der Waals surface area (Å²) in [6.07, 6.45) is 7.21. The SMILES string of the molecule is CC1(CNc2ncc(Br)cc2Br)CCCC1. The number of nitrogens with one attached hydrogen (secondary N) is 1. The van der Waals surface area contributed by atoms with E-state index >= 15 is 0 Å². The van der Waals surface area contributed by atoms with Gasteiger partial charge in [-0.15, -0.1) is 0 Å². The van der Waals surface area contributed by atoms with E-state index in [1.54, 1.807) is 0 Å². The first-order valence-corrected chi connectivity index (χ1v) is 7.23. The van der Waals surface area contributed by atoms with Crippen molar-refractivity contribution in [3.63, 3.8) is 0 Å². The maximum absolute atomic E-state index is 4.37. The molecule has 88 valence electrons. The summed E-state index contributed by atoms with van der Waals surface area (Å²) < 4.78 is 2.01.